The smallest absolute Gasteiger partial charge is 0.331 e. The van der Waals surface area contributed by atoms with E-state index in [1.54, 1.807) is 6.92 Å². The predicted molar refractivity (Wildman–Crippen MR) is 60.9 cm³/mol. The number of carbonyl (C=O) groups excluding carboxylic acids is 2. The normalized spacial score (nSPS) is 10.4. The van der Waals surface area contributed by atoms with Gasteiger partial charge in [-0.25, -0.2) is 9.59 Å². The molecule has 0 aliphatic rings. The van der Waals surface area contributed by atoms with Crippen molar-refractivity contribution in [2.45, 2.75) is 39.5 Å². The molecular formula is C12H20O4. The summed E-state index contributed by atoms with van der Waals surface area (Å²) in [4.78, 5) is 21.9. The van der Waals surface area contributed by atoms with E-state index in [1.165, 1.54) is 0 Å². The highest BCUT2D eigenvalue weighted by Crippen LogP contribution is 1.99. The zero-order valence-electron chi connectivity index (χ0n) is 10.0. The fourth-order valence-electron chi connectivity index (χ4n) is 1.08. The lowest BCUT2D eigenvalue weighted by Gasteiger charge is -2.00. The van der Waals surface area contributed by atoms with Crippen molar-refractivity contribution in [2.75, 3.05) is 13.2 Å². The molecule has 0 fully saturated rings. The molecule has 0 spiro atoms. The number of rotatable bonds is 8. The highest BCUT2D eigenvalue weighted by Gasteiger charge is 1.99. The summed E-state index contributed by atoms with van der Waals surface area (Å²) in [7, 11) is 0. The molecule has 0 bridgehead atoms. The lowest BCUT2D eigenvalue weighted by atomic mass is 10.2. The first-order valence-corrected chi connectivity index (χ1v) is 5.72. The standard InChI is InChI=1S/C12H20O4/c1-3-5-6-7-10-16-12(14)9-8-11(13)15-4-2/h8-9H,3-7,10H2,1-2H3/b9-8+. The monoisotopic (exact) mass is 228 g/mol. The molecule has 4 nitrogen and oxygen atoms in total. The van der Waals surface area contributed by atoms with Gasteiger partial charge >= 0.3 is 11.9 Å². The third-order valence-electron chi connectivity index (χ3n) is 1.88. The quantitative estimate of drug-likeness (QED) is 0.363. The minimum atomic E-state index is -0.523. The molecule has 92 valence electrons. The molecule has 0 aromatic heterocycles. The van der Waals surface area contributed by atoms with Gasteiger partial charge in [-0.3, -0.25) is 0 Å². The second kappa shape index (κ2) is 10.2. The summed E-state index contributed by atoms with van der Waals surface area (Å²) in [6.45, 7) is 4.53. The Balaban J connectivity index is 3.54. The van der Waals surface area contributed by atoms with Crippen LogP contribution in [-0.4, -0.2) is 25.2 Å². The number of hydrogen-bond donors (Lipinski definition) is 0. The number of unbranched alkanes of at least 4 members (excludes halogenated alkanes) is 3. The van der Waals surface area contributed by atoms with Gasteiger partial charge in [-0.05, 0) is 13.3 Å². The molecule has 0 radical (unpaired) electrons. The van der Waals surface area contributed by atoms with Crippen LogP contribution in [0.15, 0.2) is 12.2 Å². The van der Waals surface area contributed by atoms with Gasteiger partial charge in [-0.15, -0.1) is 0 Å². The fourth-order valence-corrected chi connectivity index (χ4v) is 1.08. The maximum Gasteiger partial charge on any atom is 0.331 e. The van der Waals surface area contributed by atoms with Gasteiger partial charge in [0.2, 0.25) is 0 Å². The minimum absolute atomic E-state index is 0.301. The van der Waals surface area contributed by atoms with E-state index in [0.29, 0.717) is 13.2 Å². The SMILES string of the molecule is CCCCCCOC(=O)/C=C/C(=O)OCC. The van der Waals surface area contributed by atoms with Crippen molar-refractivity contribution in [3.63, 3.8) is 0 Å². The van der Waals surface area contributed by atoms with Gasteiger partial charge < -0.3 is 9.47 Å². The fraction of sp³-hybridized carbons (Fsp3) is 0.667. The van der Waals surface area contributed by atoms with Crippen LogP contribution in [0.2, 0.25) is 0 Å². The van der Waals surface area contributed by atoms with Crippen LogP contribution in [0.1, 0.15) is 39.5 Å². The molecule has 0 aliphatic carbocycles. The van der Waals surface area contributed by atoms with E-state index in [2.05, 4.69) is 11.7 Å². The van der Waals surface area contributed by atoms with Crippen molar-refractivity contribution in [3.05, 3.63) is 12.2 Å². The van der Waals surface area contributed by atoms with Crippen molar-refractivity contribution >= 4 is 11.9 Å². The molecule has 4 heteroatoms. The second-order valence-corrected chi connectivity index (χ2v) is 3.31. The Hall–Kier alpha value is -1.32. The van der Waals surface area contributed by atoms with Crippen LogP contribution in [0.5, 0.6) is 0 Å². The van der Waals surface area contributed by atoms with E-state index < -0.39 is 11.9 Å². The van der Waals surface area contributed by atoms with Gasteiger partial charge in [0.15, 0.2) is 0 Å². The van der Waals surface area contributed by atoms with Crippen LogP contribution in [0.3, 0.4) is 0 Å². The molecule has 0 rings (SSSR count). The van der Waals surface area contributed by atoms with Crippen LogP contribution in [0, 0.1) is 0 Å². The molecule has 0 N–H and O–H groups in total. The van der Waals surface area contributed by atoms with Crippen molar-refractivity contribution < 1.29 is 19.1 Å². The van der Waals surface area contributed by atoms with Crippen molar-refractivity contribution in [1.82, 2.24) is 0 Å². The van der Waals surface area contributed by atoms with E-state index in [0.717, 1.165) is 37.8 Å². The Kier molecular flexibility index (Phi) is 9.36. The molecule has 0 saturated carbocycles. The minimum Gasteiger partial charge on any atom is -0.463 e. The topological polar surface area (TPSA) is 52.6 Å². The summed E-state index contributed by atoms with van der Waals surface area (Å²) < 4.78 is 9.50. The summed E-state index contributed by atoms with van der Waals surface area (Å²) >= 11 is 0. The molecule has 0 unspecified atom stereocenters. The van der Waals surface area contributed by atoms with Crippen molar-refractivity contribution in [3.8, 4) is 0 Å². The lowest BCUT2D eigenvalue weighted by Crippen LogP contribution is -2.05. The van der Waals surface area contributed by atoms with Gasteiger partial charge in [0.1, 0.15) is 0 Å². The van der Waals surface area contributed by atoms with E-state index in [1.807, 2.05) is 0 Å². The first kappa shape index (κ1) is 14.7. The van der Waals surface area contributed by atoms with Gasteiger partial charge in [-0.2, -0.15) is 0 Å². The summed E-state index contributed by atoms with van der Waals surface area (Å²) in [5.41, 5.74) is 0. The molecule has 0 aromatic carbocycles. The Bertz CT molecular complexity index is 233. The summed E-state index contributed by atoms with van der Waals surface area (Å²) in [5.74, 6) is -1.02. The van der Waals surface area contributed by atoms with Crippen LogP contribution < -0.4 is 0 Å². The van der Waals surface area contributed by atoms with Gasteiger partial charge in [-0.1, -0.05) is 26.2 Å². The zero-order valence-corrected chi connectivity index (χ0v) is 10.0. The highest BCUT2D eigenvalue weighted by molar-refractivity contribution is 5.91. The first-order valence-electron chi connectivity index (χ1n) is 5.72. The van der Waals surface area contributed by atoms with Gasteiger partial charge in [0.25, 0.3) is 0 Å². The first-order chi connectivity index (χ1) is 7.70. The average Bonchev–Trinajstić information content (AvgIpc) is 2.26. The molecule has 16 heavy (non-hydrogen) atoms. The molecule has 0 heterocycles. The maximum atomic E-state index is 11.1. The maximum absolute atomic E-state index is 11.1. The molecule has 0 atom stereocenters. The predicted octanol–water partition coefficient (Wildman–Crippen LogP) is 2.23. The van der Waals surface area contributed by atoms with E-state index in [9.17, 15) is 9.59 Å². The van der Waals surface area contributed by atoms with Crippen molar-refractivity contribution in [2.24, 2.45) is 0 Å². The third kappa shape index (κ3) is 9.24. The lowest BCUT2D eigenvalue weighted by molar-refractivity contribution is -0.140. The van der Waals surface area contributed by atoms with Crippen LogP contribution in [0.25, 0.3) is 0 Å². The number of ether oxygens (including phenoxy) is 2. The molecular weight excluding hydrogens is 208 g/mol. The Labute approximate surface area is 96.6 Å². The summed E-state index contributed by atoms with van der Waals surface area (Å²) in [6.07, 6.45) is 6.40. The van der Waals surface area contributed by atoms with E-state index >= 15 is 0 Å². The molecule has 0 saturated heterocycles. The van der Waals surface area contributed by atoms with Gasteiger partial charge in [0, 0.05) is 12.2 Å². The Morgan fingerprint density at radius 3 is 2.12 bits per heavy atom. The van der Waals surface area contributed by atoms with Crippen LogP contribution in [0.4, 0.5) is 0 Å². The summed E-state index contributed by atoms with van der Waals surface area (Å²) in [6, 6.07) is 0. The number of hydrogen-bond acceptors (Lipinski definition) is 4. The molecule has 0 amide bonds. The third-order valence-corrected chi connectivity index (χ3v) is 1.88. The van der Waals surface area contributed by atoms with E-state index in [-0.39, 0.29) is 0 Å². The average molecular weight is 228 g/mol. The van der Waals surface area contributed by atoms with Crippen LogP contribution in [-0.2, 0) is 19.1 Å². The van der Waals surface area contributed by atoms with Crippen LogP contribution >= 0.6 is 0 Å². The highest BCUT2D eigenvalue weighted by atomic mass is 16.5. The molecule has 0 aromatic rings. The second-order valence-electron chi connectivity index (χ2n) is 3.31. The number of carbonyl (C=O) groups is 2. The Morgan fingerprint density at radius 2 is 1.56 bits per heavy atom. The summed E-state index contributed by atoms with van der Waals surface area (Å²) in [5, 5.41) is 0. The zero-order chi connectivity index (χ0) is 12.2. The number of esters is 2. The molecule has 0 aliphatic heterocycles. The van der Waals surface area contributed by atoms with Gasteiger partial charge in [0.05, 0.1) is 13.2 Å². The Morgan fingerprint density at radius 1 is 0.938 bits per heavy atom. The van der Waals surface area contributed by atoms with Crippen molar-refractivity contribution in [1.29, 1.82) is 0 Å². The van der Waals surface area contributed by atoms with E-state index in [4.69, 9.17) is 4.74 Å². The largest absolute Gasteiger partial charge is 0.463 e.